The van der Waals surface area contributed by atoms with Gasteiger partial charge in [0.25, 0.3) is 0 Å². The Morgan fingerprint density at radius 2 is 1.85 bits per heavy atom. The molecule has 1 heterocycles. The van der Waals surface area contributed by atoms with Crippen molar-refractivity contribution in [1.29, 1.82) is 0 Å². The van der Waals surface area contributed by atoms with Crippen LogP contribution in [0, 0.1) is 0 Å². The Labute approximate surface area is 117 Å². The average Bonchev–Trinajstić information content (AvgIpc) is 3.27. The van der Waals surface area contributed by atoms with Crippen LogP contribution in [0.3, 0.4) is 0 Å². The maximum Gasteiger partial charge on any atom is 0.324 e. The van der Waals surface area contributed by atoms with Crippen LogP contribution in [0.5, 0.6) is 12.0 Å². The van der Waals surface area contributed by atoms with Crippen molar-refractivity contribution in [3.05, 3.63) is 0 Å². The first-order valence-corrected chi connectivity index (χ1v) is 6.58. The first-order chi connectivity index (χ1) is 9.71. The molecule has 2 N–H and O–H groups in total. The van der Waals surface area contributed by atoms with Crippen molar-refractivity contribution in [2.24, 2.45) is 0 Å². The van der Waals surface area contributed by atoms with Crippen LogP contribution < -0.4 is 20.1 Å². The summed E-state index contributed by atoms with van der Waals surface area (Å²) in [6.07, 6.45) is 3.40. The Kier molecular flexibility index (Phi) is 4.91. The molecule has 1 saturated carbocycles. The molecule has 0 spiro atoms. The molecule has 1 amide bonds. The molecule has 2 rings (SSSR count). The molecule has 1 aromatic heterocycles. The SMILES string of the molecule is COc1nc(NCCCC(=O)NC2CC2)nc(OC)n1. The van der Waals surface area contributed by atoms with E-state index in [0.717, 1.165) is 12.8 Å². The van der Waals surface area contributed by atoms with E-state index in [-0.39, 0.29) is 17.9 Å². The third-order valence-corrected chi connectivity index (χ3v) is 2.77. The summed E-state index contributed by atoms with van der Waals surface area (Å²) in [4.78, 5) is 23.5. The predicted octanol–water partition coefficient (Wildman–Crippen LogP) is 0.359. The number of nitrogens with one attached hydrogen (secondary N) is 2. The Morgan fingerprint density at radius 3 is 2.40 bits per heavy atom. The molecule has 1 aliphatic carbocycles. The normalized spacial score (nSPS) is 13.7. The van der Waals surface area contributed by atoms with Crippen molar-refractivity contribution in [2.75, 3.05) is 26.1 Å². The van der Waals surface area contributed by atoms with E-state index in [1.54, 1.807) is 0 Å². The first kappa shape index (κ1) is 14.3. The lowest BCUT2D eigenvalue weighted by Gasteiger charge is -2.07. The second kappa shape index (κ2) is 6.88. The van der Waals surface area contributed by atoms with Gasteiger partial charge >= 0.3 is 12.0 Å². The van der Waals surface area contributed by atoms with E-state index in [1.807, 2.05) is 0 Å². The predicted molar refractivity (Wildman–Crippen MR) is 71.8 cm³/mol. The molecule has 20 heavy (non-hydrogen) atoms. The smallest absolute Gasteiger partial charge is 0.324 e. The topological polar surface area (TPSA) is 98.3 Å². The molecule has 0 aromatic carbocycles. The molecule has 0 saturated heterocycles. The zero-order valence-corrected chi connectivity index (χ0v) is 11.7. The van der Waals surface area contributed by atoms with E-state index < -0.39 is 0 Å². The van der Waals surface area contributed by atoms with E-state index in [9.17, 15) is 4.79 Å². The van der Waals surface area contributed by atoms with E-state index in [0.29, 0.717) is 31.4 Å². The fourth-order valence-electron chi connectivity index (χ4n) is 1.58. The van der Waals surface area contributed by atoms with Crippen LogP contribution in [0.1, 0.15) is 25.7 Å². The van der Waals surface area contributed by atoms with E-state index >= 15 is 0 Å². The van der Waals surface area contributed by atoms with Gasteiger partial charge in [-0.2, -0.15) is 9.97 Å². The van der Waals surface area contributed by atoms with Gasteiger partial charge in [-0.15, -0.1) is 4.98 Å². The number of amides is 1. The standard InChI is InChI=1S/C12H19N5O3/c1-19-11-15-10(16-12(17-11)20-2)13-7-3-4-9(18)14-8-5-6-8/h8H,3-7H2,1-2H3,(H,14,18)(H,13,15,16,17). The Balaban J connectivity index is 1.73. The lowest BCUT2D eigenvalue weighted by Crippen LogP contribution is -2.25. The van der Waals surface area contributed by atoms with Crippen LogP contribution >= 0.6 is 0 Å². The fourth-order valence-corrected chi connectivity index (χ4v) is 1.58. The minimum absolute atomic E-state index is 0.0973. The number of methoxy groups -OCH3 is 2. The minimum atomic E-state index is 0.0973. The van der Waals surface area contributed by atoms with Gasteiger partial charge in [0.2, 0.25) is 11.9 Å². The Morgan fingerprint density at radius 1 is 1.20 bits per heavy atom. The fraction of sp³-hybridized carbons (Fsp3) is 0.667. The maximum atomic E-state index is 11.5. The molecule has 1 aromatic rings. The minimum Gasteiger partial charge on any atom is -0.467 e. The highest BCUT2D eigenvalue weighted by molar-refractivity contribution is 5.76. The van der Waals surface area contributed by atoms with Gasteiger partial charge < -0.3 is 20.1 Å². The molecule has 0 radical (unpaired) electrons. The van der Waals surface area contributed by atoms with Gasteiger partial charge in [-0.1, -0.05) is 0 Å². The number of hydrogen-bond donors (Lipinski definition) is 2. The van der Waals surface area contributed by atoms with Gasteiger partial charge in [0.15, 0.2) is 0 Å². The van der Waals surface area contributed by atoms with Gasteiger partial charge in [0, 0.05) is 19.0 Å². The largest absolute Gasteiger partial charge is 0.467 e. The third kappa shape index (κ3) is 4.52. The summed E-state index contributed by atoms with van der Waals surface area (Å²) in [7, 11) is 2.95. The number of carbonyl (C=O) groups is 1. The lowest BCUT2D eigenvalue weighted by atomic mass is 10.3. The van der Waals surface area contributed by atoms with Crippen molar-refractivity contribution in [3.63, 3.8) is 0 Å². The number of carbonyl (C=O) groups excluding carboxylic acids is 1. The van der Waals surface area contributed by atoms with Crippen molar-refractivity contribution in [1.82, 2.24) is 20.3 Å². The van der Waals surface area contributed by atoms with E-state index in [1.165, 1.54) is 14.2 Å². The third-order valence-electron chi connectivity index (χ3n) is 2.77. The highest BCUT2D eigenvalue weighted by Crippen LogP contribution is 2.18. The summed E-state index contributed by atoms with van der Waals surface area (Å²) < 4.78 is 9.89. The van der Waals surface area contributed by atoms with Crippen LogP contribution in [0.25, 0.3) is 0 Å². The summed E-state index contributed by atoms with van der Waals surface area (Å²) in [5.74, 6) is 0.469. The Hall–Kier alpha value is -2.12. The monoisotopic (exact) mass is 281 g/mol. The average molecular weight is 281 g/mol. The van der Waals surface area contributed by atoms with Crippen LogP contribution in [0.15, 0.2) is 0 Å². The second-order valence-electron chi connectivity index (χ2n) is 4.50. The summed E-state index contributed by atoms with van der Waals surface area (Å²) in [6, 6.07) is 0.782. The van der Waals surface area contributed by atoms with Gasteiger partial charge in [-0.05, 0) is 19.3 Å². The van der Waals surface area contributed by atoms with Crippen molar-refractivity contribution < 1.29 is 14.3 Å². The van der Waals surface area contributed by atoms with Crippen LogP contribution in [0.4, 0.5) is 5.95 Å². The van der Waals surface area contributed by atoms with Crippen LogP contribution in [0.2, 0.25) is 0 Å². The summed E-state index contributed by atoms with van der Waals surface area (Å²) >= 11 is 0. The summed E-state index contributed by atoms with van der Waals surface area (Å²) in [5, 5.41) is 5.96. The zero-order chi connectivity index (χ0) is 14.4. The second-order valence-corrected chi connectivity index (χ2v) is 4.50. The number of rotatable bonds is 8. The molecule has 0 bridgehead atoms. The number of anilines is 1. The summed E-state index contributed by atoms with van der Waals surface area (Å²) in [6.45, 7) is 0.592. The van der Waals surface area contributed by atoms with E-state index in [4.69, 9.17) is 9.47 Å². The maximum absolute atomic E-state index is 11.5. The zero-order valence-electron chi connectivity index (χ0n) is 11.7. The molecule has 8 heteroatoms. The molecule has 0 unspecified atom stereocenters. The number of aromatic nitrogens is 3. The van der Waals surface area contributed by atoms with Gasteiger partial charge in [-0.3, -0.25) is 4.79 Å². The molecule has 8 nitrogen and oxygen atoms in total. The molecule has 1 aliphatic rings. The van der Waals surface area contributed by atoms with Crippen LogP contribution in [-0.4, -0.2) is 47.7 Å². The molecular formula is C12H19N5O3. The number of nitrogens with zero attached hydrogens (tertiary/aromatic N) is 3. The molecular weight excluding hydrogens is 262 g/mol. The Bertz CT molecular complexity index is 442. The highest BCUT2D eigenvalue weighted by atomic mass is 16.5. The molecule has 1 fully saturated rings. The quantitative estimate of drug-likeness (QED) is 0.664. The number of ether oxygens (including phenoxy) is 2. The van der Waals surface area contributed by atoms with Crippen LogP contribution in [-0.2, 0) is 4.79 Å². The lowest BCUT2D eigenvalue weighted by molar-refractivity contribution is -0.121. The van der Waals surface area contributed by atoms with Crippen molar-refractivity contribution in [3.8, 4) is 12.0 Å². The van der Waals surface area contributed by atoms with Gasteiger partial charge in [-0.25, -0.2) is 0 Å². The van der Waals surface area contributed by atoms with E-state index in [2.05, 4.69) is 25.6 Å². The summed E-state index contributed by atoms with van der Waals surface area (Å²) in [5.41, 5.74) is 0. The first-order valence-electron chi connectivity index (χ1n) is 6.58. The highest BCUT2D eigenvalue weighted by Gasteiger charge is 2.22. The van der Waals surface area contributed by atoms with Gasteiger partial charge in [0.05, 0.1) is 14.2 Å². The molecule has 0 atom stereocenters. The molecule has 110 valence electrons. The molecule has 0 aliphatic heterocycles. The van der Waals surface area contributed by atoms with Crippen molar-refractivity contribution >= 4 is 11.9 Å². The number of hydrogen-bond acceptors (Lipinski definition) is 7. The van der Waals surface area contributed by atoms with Gasteiger partial charge in [0.1, 0.15) is 0 Å². The van der Waals surface area contributed by atoms with Crippen molar-refractivity contribution in [2.45, 2.75) is 31.7 Å².